The molecular weight excluding hydrogens is 378 g/mol. The number of aromatic nitrogens is 1. The Bertz CT molecular complexity index is 298. The Balaban J connectivity index is 3.20. The molecule has 0 saturated carbocycles. The molecule has 0 bridgehead atoms. The minimum Gasteiger partial charge on any atom is -0.240 e. The summed E-state index contributed by atoms with van der Waals surface area (Å²) in [5, 5.41) is 0. The Morgan fingerprint density at radius 1 is 1.62 bits per heavy atom. The molecule has 0 spiro atoms. The van der Waals surface area contributed by atoms with Gasteiger partial charge in [-0.3, -0.25) is 0 Å². The van der Waals surface area contributed by atoms with E-state index < -0.39 is 6.43 Å². The molecule has 72 valence electrons. The maximum atomic E-state index is 12.2. The number of alkyl halides is 3. The summed E-state index contributed by atoms with van der Waals surface area (Å²) in [5.74, 6) is 0.259. The van der Waals surface area contributed by atoms with Crippen LogP contribution in [-0.2, 0) is 5.88 Å². The average molecular weight is 382 g/mol. The fourth-order valence-electron chi connectivity index (χ4n) is 0.759. The molecule has 0 aliphatic carbocycles. The fourth-order valence-corrected chi connectivity index (χ4v) is 3.11. The Kier molecular flexibility index (Phi) is 4.31. The standard InChI is InChI=1S/C7H4BrClF2IN/c8-4-1-5(6(10)11)13-7(12)3(4)2-9/h1,6H,2H2. The molecule has 0 amide bonds. The molecule has 13 heavy (non-hydrogen) atoms. The largest absolute Gasteiger partial charge is 0.280 e. The predicted octanol–water partition coefficient (Wildman–Crippen LogP) is 4.13. The van der Waals surface area contributed by atoms with Crippen LogP contribution in [0.4, 0.5) is 8.78 Å². The third-order valence-electron chi connectivity index (χ3n) is 1.40. The Hall–Kier alpha value is 0.510. The van der Waals surface area contributed by atoms with E-state index in [4.69, 9.17) is 11.6 Å². The zero-order valence-electron chi connectivity index (χ0n) is 6.20. The van der Waals surface area contributed by atoms with E-state index in [1.807, 2.05) is 22.6 Å². The van der Waals surface area contributed by atoms with E-state index in [0.29, 0.717) is 8.17 Å². The molecule has 0 N–H and O–H groups in total. The highest BCUT2D eigenvalue weighted by atomic mass is 127. The van der Waals surface area contributed by atoms with Gasteiger partial charge in [0.15, 0.2) is 0 Å². The van der Waals surface area contributed by atoms with E-state index in [1.165, 1.54) is 6.07 Å². The molecule has 1 nitrogen and oxygen atoms in total. The van der Waals surface area contributed by atoms with Gasteiger partial charge in [-0.15, -0.1) is 11.6 Å². The number of pyridine rings is 1. The molecule has 1 heterocycles. The molecule has 1 aromatic rings. The van der Waals surface area contributed by atoms with Crippen LogP contribution >= 0.6 is 50.1 Å². The van der Waals surface area contributed by atoms with Gasteiger partial charge in [0.25, 0.3) is 6.43 Å². The molecular formula is C7H4BrClF2IN. The first-order chi connectivity index (χ1) is 6.06. The monoisotopic (exact) mass is 381 g/mol. The summed E-state index contributed by atoms with van der Waals surface area (Å²) in [7, 11) is 0. The highest BCUT2D eigenvalue weighted by molar-refractivity contribution is 14.1. The SMILES string of the molecule is FC(F)c1cc(Br)c(CCl)c(I)n1. The van der Waals surface area contributed by atoms with Gasteiger partial charge in [0.1, 0.15) is 9.39 Å². The van der Waals surface area contributed by atoms with Crippen molar-refractivity contribution in [2.75, 3.05) is 0 Å². The highest BCUT2D eigenvalue weighted by Gasteiger charge is 2.14. The van der Waals surface area contributed by atoms with Gasteiger partial charge in [-0.1, -0.05) is 15.9 Å². The minimum atomic E-state index is -2.55. The first-order valence-electron chi connectivity index (χ1n) is 3.25. The maximum absolute atomic E-state index is 12.2. The van der Waals surface area contributed by atoms with Crippen LogP contribution in [0.2, 0.25) is 0 Å². The summed E-state index contributed by atoms with van der Waals surface area (Å²) in [6.45, 7) is 0. The molecule has 0 fully saturated rings. The molecule has 1 aromatic heterocycles. The van der Waals surface area contributed by atoms with Crippen LogP contribution in [0, 0.1) is 3.70 Å². The predicted molar refractivity (Wildman–Crippen MR) is 59.2 cm³/mol. The summed E-state index contributed by atoms with van der Waals surface area (Å²) < 4.78 is 25.6. The van der Waals surface area contributed by atoms with E-state index in [9.17, 15) is 8.78 Å². The summed E-state index contributed by atoms with van der Waals surface area (Å²) in [6.07, 6.45) is -2.55. The van der Waals surface area contributed by atoms with Crippen molar-refractivity contribution >= 4 is 50.1 Å². The van der Waals surface area contributed by atoms with Crippen molar-refractivity contribution in [2.45, 2.75) is 12.3 Å². The third kappa shape index (κ3) is 2.73. The second kappa shape index (κ2) is 4.84. The number of rotatable bonds is 2. The molecule has 0 unspecified atom stereocenters. The van der Waals surface area contributed by atoms with Crippen molar-refractivity contribution in [1.82, 2.24) is 4.98 Å². The maximum Gasteiger partial charge on any atom is 0.280 e. The summed E-state index contributed by atoms with van der Waals surface area (Å²) in [4.78, 5) is 3.73. The summed E-state index contributed by atoms with van der Waals surface area (Å²) in [5.41, 5.74) is 0.511. The van der Waals surface area contributed by atoms with Gasteiger partial charge < -0.3 is 0 Å². The lowest BCUT2D eigenvalue weighted by Gasteiger charge is -2.06. The molecule has 0 atom stereocenters. The Labute approximate surface area is 101 Å². The van der Waals surface area contributed by atoms with Crippen molar-refractivity contribution in [3.63, 3.8) is 0 Å². The van der Waals surface area contributed by atoms with Gasteiger partial charge in [-0.2, -0.15) is 0 Å². The van der Waals surface area contributed by atoms with E-state index in [2.05, 4.69) is 20.9 Å². The normalized spacial score (nSPS) is 10.9. The lowest BCUT2D eigenvalue weighted by atomic mass is 10.3. The van der Waals surface area contributed by atoms with Crippen molar-refractivity contribution < 1.29 is 8.78 Å². The zero-order valence-corrected chi connectivity index (χ0v) is 10.7. The average Bonchev–Trinajstić information content (AvgIpc) is 2.03. The van der Waals surface area contributed by atoms with Gasteiger partial charge in [-0.25, -0.2) is 13.8 Å². The molecule has 1 rings (SSSR count). The first-order valence-corrected chi connectivity index (χ1v) is 5.65. The van der Waals surface area contributed by atoms with Gasteiger partial charge in [-0.05, 0) is 28.7 Å². The van der Waals surface area contributed by atoms with Crippen LogP contribution in [0.1, 0.15) is 17.7 Å². The van der Waals surface area contributed by atoms with Crippen molar-refractivity contribution in [2.24, 2.45) is 0 Å². The van der Waals surface area contributed by atoms with Crippen LogP contribution in [-0.4, -0.2) is 4.98 Å². The van der Waals surface area contributed by atoms with Crippen LogP contribution in [0.3, 0.4) is 0 Å². The third-order valence-corrected chi connectivity index (χ3v) is 3.26. The topological polar surface area (TPSA) is 12.9 Å². The quantitative estimate of drug-likeness (QED) is 0.426. The van der Waals surface area contributed by atoms with E-state index in [-0.39, 0.29) is 11.6 Å². The highest BCUT2D eigenvalue weighted by Crippen LogP contribution is 2.27. The molecule has 0 aliphatic rings. The van der Waals surface area contributed by atoms with Crippen LogP contribution in [0.5, 0.6) is 0 Å². The first kappa shape index (κ1) is 11.6. The number of halogens is 5. The lowest BCUT2D eigenvalue weighted by molar-refractivity contribution is 0.145. The summed E-state index contributed by atoms with van der Waals surface area (Å²) in [6, 6.07) is 1.30. The van der Waals surface area contributed by atoms with E-state index in [1.54, 1.807) is 0 Å². The van der Waals surface area contributed by atoms with Crippen molar-refractivity contribution in [3.8, 4) is 0 Å². The second-order valence-corrected chi connectivity index (χ2v) is 4.38. The fraction of sp³-hybridized carbons (Fsp3) is 0.286. The Morgan fingerprint density at radius 2 is 2.23 bits per heavy atom. The van der Waals surface area contributed by atoms with Gasteiger partial charge in [0.05, 0.1) is 5.88 Å². The number of hydrogen-bond donors (Lipinski definition) is 0. The minimum absolute atomic E-state index is 0.231. The van der Waals surface area contributed by atoms with Gasteiger partial charge in [0, 0.05) is 10.0 Å². The number of hydrogen-bond acceptors (Lipinski definition) is 1. The van der Waals surface area contributed by atoms with Crippen molar-refractivity contribution in [1.29, 1.82) is 0 Å². The van der Waals surface area contributed by atoms with Gasteiger partial charge >= 0.3 is 0 Å². The smallest absolute Gasteiger partial charge is 0.240 e. The van der Waals surface area contributed by atoms with Crippen LogP contribution < -0.4 is 0 Å². The Morgan fingerprint density at radius 3 is 2.62 bits per heavy atom. The number of nitrogens with zero attached hydrogens (tertiary/aromatic N) is 1. The van der Waals surface area contributed by atoms with Crippen LogP contribution in [0.15, 0.2) is 10.5 Å². The summed E-state index contributed by atoms with van der Waals surface area (Å²) >= 11 is 10.7. The molecule has 6 heteroatoms. The van der Waals surface area contributed by atoms with Crippen molar-refractivity contribution in [3.05, 3.63) is 25.5 Å². The molecule has 0 aromatic carbocycles. The lowest BCUT2D eigenvalue weighted by Crippen LogP contribution is -1.97. The second-order valence-electron chi connectivity index (χ2n) is 2.23. The molecule has 0 aliphatic heterocycles. The van der Waals surface area contributed by atoms with E-state index >= 15 is 0 Å². The van der Waals surface area contributed by atoms with Crippen LogP contribution in [0.25, 0.3) is 0 Å². The molecule has 0 radical (unpaired) electrons. The van der Waals surface area contributed by atoms with E-state index in [0.717, 1.165) is 5.56 Å². The molecule has 0 saturated heterocycles. The zero-order chi connectivity index (χ0) is 10.0. The van der Waals surface area contributed by atoms with Gasteiger partial charge in [0.2, 0.25) is 0 Å².